The van der Waals surface area contributed by atoms with E-state index in [1.165, 1.54) is 11.1 Å². The third kappa shape index (κ3) is 2.99. The third-order valence-electron chi connectivity index (χ3n) is 6.34. The van der Waals surface area contributed by atoms with E-state index < -0.39 is 11.2 Å². The van der Waals surface area contributed by atoms with Crippen molar-refractivity contribution in [2.45, 2.75) is 36.4 Å². The van der Waals surface area contributed by atoms with Crippen LogP contribution in [0.1, 0.15) is 35.6 Å². The predicted molar refractivity (Wildman–Crippen MR) is 117 cm³/mol. The van der Waals surface area contributed by atoms with E-state index in [0.29, 0.717) is 12.4 Å². The minimum absolute atomic E-state index is 0.289. The Bertz CT molecular complexity index is 1090. The zero-order valence-electron chi connectivity index (χ0n) is 16.9. The second-order valence-corrected chi connectivity index (χ2v) is 8.07. The minimum Gasteiger partial charge on any atom is -0.364 e. The summed E-state index contributed by atoms with van der Waals surface area (Å²) in [6.45, 7) is 0. The molecule has 1 fully saturated rings. The van der Waals surface area contributed by atoms with Crippen molar-refractivity contribution in [1.29, 1.82) is 5.26 Å². The summed E-state index contributed by atoms with van der Waals surface area (Å²) in [5.74, 6) is 0.843. The van der Waals surface area contributed by atoms with Crippen molar-refractivity contribution in [1.82, 2.24) is 15.3 Å². The maximum Gasteiger partial charge on any atom is 0.224 e. The number of nitrogens with zero attached hydrogens (tertiary/aromatic N) is 3. The van der Waals surface area contributed by atoms with Gasteiger partial charge in [-0.2, -0.15) is 5.26 Å². The Morgan fingerprint density at radius 3 is 2.47 bits per heavy atom. The number of aromatic nitrogens is 2. The summed E-state index contributed by atoms with van der Waals surface area (Å²) in [6, 6.07) is 22.8. The first-order valence-corrected chi connectivity index (χ1v) is 10.3. The highest BCUT2D eigenvalue weighted by atomic mass is 15.4. The summed E-state index contributed by atoms with van der Waals surface area (Å²) in [4.78, 5) is 9.45. The Morgan fingerprint density at radius 1 is 1.03 bits per heavy atom. The van der Waals surface area contributed by atoms with Crippen LogP contribution in [0.4, 0.5) is 11.6 Å². The molecule has 150 valence electrons. The van der Waals surface area contributed by atoms with Crippen LogP contribution in [0.15, 0.2) is 66.9 Å². The second-order valence-electron chi connectivity index (χ2n) is 8.07. The highest BCUT2D eigenvalue weighted by molar-refractivity contribution is 5.59. The molecule has 1 saturated carbocycles. The van der Waals surface area contributed by atoms with Crippen LogP contribution in [-0.4, -0.2) is 28.2 Å². The number of nitrogens with one attached hydrogen (secondary N) is 3. The molecule has 30 heavy (non-hydrogen) atoms. The first-order valence-electron chi connectivity index (χ1n) is 10.3. The van der Waals surface area contributed by atoms with Crippen molar-refractivity contribution in [3.05, 3.63) is 83.7 Å². The van der Waals surface area contributed by atoms with Crippen LogP contribution in [-0.2, 0) is 6.42 Å². The third-order valence-corrected chi connectivity index (χ3v) is 6.34. The van der Waals surface area contributed by atoms with Gasteiger partial charge in [0.1, 0.15) is 5.66 Å². The average Bonchev–Trinajstić information content (AvgIpc) is 3.21. The molecule has 5 rings (SSSR count). The van der Waals surface area contributed by atoms with Gasteiger partial charge >= 0.3 is 0 Å². The maximum atomic E-state index is 9.97. The Morgan fingerprint density at radius 2 is 1.77 bits per heavy atom. The fraction of sp³-hybridized carbons (Fsp3) is 0.292. The lowest BCUT2D eigenvalue weighted by molar-refractivity contribution is 0.570. The Balaban J connectivity index is 1.41. The van der Waals surface area contributed by atoms with Gasteiger partial charge in [0.05, 0.1) is 11.8 Å². The standard InChI is InChI=1S/C24H24N6/c1-26-24(15-23(24,16-25)29-19-10-6-3-7-11-19)30-22-27-14-18-12-13-20(21(18)28-22)17-8-4-2-5-9-17/h2-11,14,20,26,29H,12-13,15H2,1H3,(H,27,28,30). The molecule has 6 heteroatoms. The molecule has 1 aromatic heterocycles. The molecule has 2 aliphatic carbocycles. The van der Waals surface area contributed by atoms with E-state index in [1.54, 1.807) is 0 Å². The highest BCUT2D eigenvalue weighted by Gasteiger charge is 2.69. The molecule has 0 aliphatic heterocycles. The number of aryl methyl sites for hydroxylation is 1. The molecule has 2 aliphatic rings. The number of rotatable bonds is 6. The number of hydrogen-bond donors (Lipinski definition) is 3. The summed E-state index contributed by atoms with van der Waals surface area (Å²) in [5, 5.41) is 20.1. The number of para-hydroxylation sites is 1. The number of likely N-dealkylation sites (N-methyl/N-ethyl adjacent to an activating group) is 1. The van der Waals surface area contributed by atoms with E-state index in [-0.39, 0.29) is 5.92 Å². The number of benzene rings is 2. The molecule has 0 radical (unpaired) electrons. The van der Waals surface area contributed by atoms with Crippen LogP contribution in [0.2, 0.25) is 0 Å². The Labute approximate surface area is 176 Å². The van der Waals surface area contributed by atoms with E-state index in [1.807, 2.05) is 49.6 Å². The van der Waals surface area contributed by atoms with Gasteiger partial charge in [-0.05, 0) is 43.1 Å². The highest BCUT2D eigenvalue weighted by Crippen LogP contribution is 2.49. The summed E-state index contributed by atoms with van der Waals surface area (Å²) in [7, 11) is 1.86. The normalized spacial score (nSPS) is 26.5. The largest absolute Gasteiger partial charge is 0.364 e. The molecule has 1 heterocycles. The molecule has 0 amide bonds. The zero-order chi connectivity index (χ0) is 20.6. The van der Waals surface area contributed by atoms with Gasteiger partial charge in [0.15, 0.2) is 5.54 Å². The van der Waals surface area contributed by atoms with E-state index in [9.17, 15) is 5.26 Å². The van der Waals surface area contributed by atoms with Crippen molar-refractivity contribution < 1.29 is 0 Å². The molecule has 6 nitrogen and oxygen atoms in total. The lowest BCUT2D eigenvalue weighted by Crippen LogP contribution is -2.48. The van der Waals surface area contributed by atoms with Gasteiger partial charge in [0, 0.05) is 24.2 Å². The number of anilines is 2. The van der Waals surface area contributed by atoms with E-state index in [4.69, 9.17) is 4.98 Å². The van der Waals surface area contributed by atoms with Gasteiger partial charge in [0.25, 0.3) is 0 Å². The zero-order valence-corrected chi connectivity index (χ0v) is 16.9. The minimum atomic E-state index is -0.774. The molecule has 3 N–H and O–H groups in total. The molecule has 3 unspecified atom stereocenters. The van der Waals surface area contributed by atoms with Gasteiger partial charge in [-0.1, -0.05) is 48.5 Å². The topological polar surface area (TPSA) is 85.7 Å². The smallest absolute Gasteiger partial charge is 0.224 e. The number of fused-ring (bicyclic) bond motifs is 1. The lowest BCUT2D eigenvalue weighted by Gasteiger charge is -2.24. The Kier molecular flexibility index (Phi) is 4.41. The van der Waals surface area contributed by atoms with Gasteiger partial charge < -0.3 is 10.6 Å². The van der Waals surface area contributed by atoms with Crippen LogP contribution in [0.25, 0.3) is 0 Å². The first-order chi connectivity index (χ1) is 14.7. The SMILES string of the molecule is CNC1(Nc2ncc3c(n2)C(c2ccccc2)CC3)CC1(C#N)Nc1ccccc1. The summed E-state index contributed by atoms with van der Waals surface area (Å²) in [6.07, 6.45) is 4.57. The molecule has 0 spiro atoms. The fourth-order valence-corrected chi connectivity index (χ4v) is 4.56. The molecule has 0 saturated heterocycles. The molecule has 2 aromatic carbocycles. The van der Waals surface area contributed by atoms with Crippen molar-refractivity contribution >= 4 is 11.6 Å². The molecule has 3 aromatic rings. The van der Waals surface area contributed by atoms with Crippen molar-refractivity contribution in [2.75, 3.05) is 17.7 Å². The first kappa shape index (κ1) is 18.6. The summed E-state index contributed by atoms with van der Waals surface area (Å²) < 4.78 is 0. The number of hydrogen-bond acceptors (Lipinski definition) is 6. The second kappa shape index (κ2) is 7.12. The van der Waals surface area contributed by atoms with Crippen LogP contribution in [0, 0.1) is 11.3 Å². The van der Waals surface area contributed by atoms with Crippen molar-refractivity contribution in [2.24, 2.45) is 0 Å². The quantitative estimate of drug-likeness (QED) is 0.552. The maximum absolute atomic E-state index is 9.97. The summed E-state index contributed by atoms with van der Waals surface area (Å²) >= 11 is 0. The van der Waals surface area contributed by atoms with Gasteiger partial charge in [-0.25, -0.2) is 9.97 Å². The van der Waals surface area contributed by atoms with Gasteiger partial charge in [0.2, 0.25) is 5.95 Å². The fourth-order valence-electron chi connectivity index (χ4n) is 4.56. The molecular formula is C24H24N6. The van der Waals surface area contributed by atoms with Crippen molar-refractivity contribution in [3.8, 4) is 6.07 Å². The lowest BCUT2D eigenvalue weighted by atomic mass is 9.97. The predicted octanol–water partition coefficient (Wildman–Crippen LogP) is 3.66. The summed E-state index contributed by atoms with van der Waals surface area (Å²) in [5.41, 5.74) is 3.09. The number of nitriles is 1. The van der Waals surface area contributed by atoms with Gasteiger partial charge in [-0.15, -0.1) is 0 Å². The Hall–Kier alpha value is -3.43. The van der Waals surface area contributed by atoms with Crippen LogP contribution in [0.3, 0.4) is 0 Å². The van der Waals surface area contributed by atoms with E-state index >= 15 is 0 Å². The molecule has 0 bridgehead atoms. The van der Waals surface area contributed by atoms with Crippen molar-refractivity contribution in [3.63, 3.8) is 0 Å². The van der Waals surface area contributed by atoms with Crippen LogP contribution < -0.4 is 16.0 Å². The van der Waals surface area contributed by atoms with E-state index in [0.717, 1.165) is 24.2 Å². The van der Waals surface area contributed by atoms with Crippen LogP contribution in [0.5, 0.6) is 0 Å². The average molecular weight is 396 g/mol. The van der Waals surface area contributed by atoms with Gasteiger partial charge in [-0.3, -0.25) is 5.32 Å². The molecule has 3 atom stereocenters. The van der Waals surface area contributed by atoms with E-state index in [2.05, 4.69) is 51.3 Å². The monoisotopic (exact) mass is 396 g/mol. The van der Waals surface area contributed by atoms with Crippen LogP contribution >= 0.6 is 0 Å². The molecular weight excluding hydrogens is 372 g/mol.